The number of aliphatic hydroxyl groups is 6. The monoisotopic (exact) mass is 552 g/mol. The highest BCUT2D eigenvalue weighted by Crippen LogP contribution is 2.74. The van der Waals surface area contributed by atoms with Crippen molar-refractivity contribution in [1.29, 1.82) is 0 Å². The van der Waals surface area contributed by atoms with Gasteiger partial charge in [-0.3, -0.25) is 4.79 Å². The van der Waals surface area contributed by atoms with Gasteiger partial charge in [0.25, 0.3) is 0 Å². The third-order valence-corrected chi connectivity index (χ3v) is 12.4. The van der Waals surface area contributed by atoms with Gasteiger partial charge in [-0.25, -0.2) is 0 Å². The first-order valence-corrected chi connectivity index (χ1v) is 14.6. The van der Waals surface area contributed by atoms with Gasteiger partial charge in [-0.05, 0) is 67.1 Å². The van der Waals surface area contributed by atoms with Crippen molar-refractivity contribution in [2.45, 2.75) is 123 Å². The predicted octanol–water partition coefficient (Wildman–Crippen LogP) is 1.31. The Morgan fingerprint density at radius 2 is 1.67 bits per heavy atom. The standard InChI is InChI=1S/C30H48O9/c1-14(32)21-17(33)12-30(6)20-8-7-15-16(28(20,4)9-10-29(21,30)5)11-18(25(37)27(15,2)3)38-26-24(36)23(35)22(34)19(13-31)39-26/h7,16-26,31,33-37H,8-13H2,1-6H3. The number of carbonyl (C=O) groups is 1. The topological polar surface area (TPSA) is 157 Å². The molecule has 39 heavy (non-hydrogen) atoms. The Balaban J connectivity index is 1.47. The van der Waals surface area contributed by atoms with Crippen LogP contribution in [0.4, 0.5) is 0 Å². The minimum atomic E-state index is -1.55. The van der Waals surface area contributed by atoms with E-state index in [0.29, 0.717) is 12.8 Å². The SMILES string of the molecule is CC(=O)C1C(O)CC2(C)C3CC=C4C(CC(OC5OC(CO)C(O)C(O)C5O)C(O)C4(C)C)C3(C)CCC12C. The Labute approximate surface area is 231 Å². The van der Waals surface area contributed by atoms with Crippen LogP contribution in [-0.4, -0.2) is 92.0 Å². The number of fused-ring (bicyclic) bond motifs is 5. The number of hydrogen-bond acceptors (Lipinski definition) is 9. The van der Waals surface area contributed by atoms with Crippen LogP contribution in [0.1, 0.15) is 73.6 Å². The maximum atomic E-state index is 12.7. The number of ketones is 1. The molecular weight excluding hydrogens is 504 g/mol. The second-order valence-corrected chi connectivity index (χ2v) is 14.5. The Bertz CT molecular complexity index is 1010. The van der Waals surface area contributed by atoms with Gasteiger partial charge in [0.1, 0.15) is 30.2 Å². The van der Waals surface area contributed by atoms with Crippen LogP contribution in [0.3, 0.4) is 0 Å². The number of carbonyl (C=O) groups excluding carboxylic acids is 1. The van der Waals surface area contributed by atoms with Crippen LogP contribution in [0.5, 0.6) is 0 Å². The molecule has 0 amide bonds. The molecule has 14 atom stereocenters. The van der Waals surface area contributed by atoms with E-state index in [1.165, 1.54) is 5.57 Å². The van der Waals surface area contributed by atoms with E-state index in [4.69, 9.17) is 9.47 Å². The maximum Gasteiger partial charge on any atom is 0.187 e. The highest BCUT2D eigenvalue weighted by molar-refractivity contribution is 5.80. The zero-order chi connectivity index (χ0) is 28.9. The molecule has 5 aliphatic rings. The van der Waals surface area contributed by atoms with Gasteiger partial charge in [0.05, 0.1) is 24.9 Å². The zero-order valence-corrected chi connectivity index (χ0v) is 24.1. The second kappa shape index (κ2) is 9.56. The van der Waals surface area contributed by atoms with Crippen molar-refractivity contribution in [3.8, 4) is 0 Å². The van der Waals surface area contributed by atoms with Gasteiger partial charge in [0.15, 0.2) is 6.29 Å². The molecule has 4 aliphatic carbocycles. The van der Waals surface area contributed by atoms with Crippen molar-refractivity contribution in [2.75, 3.05) is 6.61 Å². The van der Waals surface area contributed by atoms with E-state index in [0.717, 1.165) is 19.3 Å². The number of ether oxygens (including phenoxy) is 2. The van der Waals surface area contributed by atoms with Crippen molar-refractivity contribution < 1.29 is 44.9 Å². The van der Waals surface area contributed by atoms with Gasteiger partial charge >= 0.3 is 0 Å². The number of Topliss-reactive ketones (excluding diaryl/α,β-unsaturated/α-hetero) is 1. The van der Waals surface area contributed by atoms with Crippen molar-refractivity contribution >= 4 is 5.78 Å². The average Bonchev–Trinajstić information content (AvgIpc) is 3.07. The third kappa shape index (κ3) is 3.98. The summed E-state index contributed by atoms with van der Waals surface area (Å²) < 4.78 is 11.8. The summed E-state index contributed by atoms with van der Waals surface area (Å²) in [4.78, 5) is 12.7. The van der Waals surface area contributed by atoms with Gasteiger partial charge < -0.3 is 40.1 Å². The van der Waals surface area contributed by atoms with Crippen LogP contribution in [-0.2, 0) is 14.3 Å². The summed E-state index contributed by atoms with van der Waals surface area (Å²) in [7, 11) is 0. The molecule has 0 bridgehead atoms. The minimum absolute atomic E-state index is 0.0549. The first kappa shape index (κ1) is 29.6. The second-order valence-electron chi connectivity index (χ2n) is 14.5. The van der Waals surface area contributed by atoms with Crippen LogP contribution >= 0.6 is 0 Å². The fourth-order valence-electron chi connectivity index (χ4n) is 9.97. The Morgan fingerprint density at radius 3 is 2.28 bits per heavy atom. The lowest BCUT2D eigenvalue weighted by Crippen LogP contribution is -2.63. The lowest BCUT2D eigenvalue weighted by Gasteiger charge is -2.66. The van der Waals surface area contributed by atoms with E-state index >= 15 is 0 Å². The Morgan fingerprint density at radius 1 is 1.00 bits per heavy atom. The molecule has 0 radical (unpaired) electrons. The van der Waals surface area contributed by atoms with Crippen LogP contribution in [0.25, 0.3) is 0 Å². The molecule has 4 fully saturated rings. The highest BCUT2D eigenvalue weighted by atomic mass is 16.7. The van der Waals surface area contributed by atoms with E-state index in [1.54, 1.807) is 6.92 Å². The quantitative estimate of drug-likeness (QED) is 0.283. The molecule has 6 N–H and O–H groups in total. The lowest BCUT2D eigenvalue weighted by molar-refractivity contribution is -0.324. The highest BCUT2D eigenvalue weighted by Gasteiger charge is 2.70. The number of allylic oxidation sites excluding steroid dienone is 1. The largest absolute Gasteiger partial charge is 0.394 e. The lowest BCUT2D eigenvalue weighted by atomic mass is 9.39. The van der Waals surface area contributed by atoms with Crippen LogP contribution in [0.15, 0.2) is 11.6 Å². The molecule has 14 unspecified atom stereocenters. The molecule has 0 spiro atoms. The summed E-state index contributed by atoms with van der Waals surface area (Å²) in [6.07, 6.45) is -3.42. The number of hydrogen-bond donors (Lipinski definition) is 6. The first-order valence-electron chi connectivity index (χ1n) is 14.6. The van der Waals surface area contributed by atoms with E-state index in [2.05, 4.69) is 26.8 Å². The van der Waals surface area contributed by atoms with Crippen LogP contribution in [0.2, 0.25) is 0 Å². The number of rotatable bonds is 4. The van der Waals surface area contributed by atoms with Crippen LogP contribution < -0.4 is 0 Å². The van der Waals surface area contributed by atoms with E-state index < -0.39 is 61.0 Å². The summed E-state index contributed by atoms with van der Waals surface area (Å²) >= 11 is 0. The molecule has 3 saturated carbocycles. The van der Waals surface area contributed by atoms with E-state index in [9.17, 15) is 35.4 Å². The molecule has 0 aromatic carbocycles. The molecule has 9 heteroatoms. The van der Waals surface area contributed by atoms with Crippen molar-refractivity contribution in [1.82, 2.24) is 0 Å². The third-order valence-electron chi connectivity index (χ3n) is 12.4. The van der Waals surface area contributed by atoms with Gasteiger partial charge in [0.2, 0.25) is 0 Å². The molecule has 0 aromatic rings. The number of aliphatic hydroxyl groups excluding tert-OH is 6. The van der Waals surface area contributed by atoms with Crippen molar-refractivity contribution in [3.63, 3.8) is 0 Å². The average molecular weight is 553 g/mol. The van der Waals surface area contributed by atoms with E-state index in [-0.39, 0.29) is 39.8 Å². The zero-order valence-electron chi connectivity index (χ0n) is 24.1. The van der Waals surface area contributed by atoms with E-state index in [1.807, 2.05) is 13.8 Å². The molecule has 5 rings (SSSR count). The first-order chi connectivity index (χ1) is 18.0. The fraction of sp³-hybridized carbons (Fsp3) is 0.900. The summed E-state index contributed by atoms with van der Waals surface area (Å²) in [5.41, 5.74) is -0.154. The Kier molecular flexibility index (Phi) is 7.25. The molecule has 9 nitrogen and oxygen atoms in total. The minimum Gasteiger partial charge on any atom is -0.394 e. The van der Waals surface area contributed by atoms with Crippen molar-refractivity contribution in [2.24, 2.45) is 39.4 Å². The molecule has 1 heterocycles. The predicted molar refractivity (Wildman–Crippen MR) is 141 cm³/mol. The molecule has 1 saturated heterocycles. The van der Waals surface area contributed by atoms with Gasteiger partial charge in [0, 0.05) is 11.3 Å². The molecular formula is C30H48O9. The normalized spacial score (nSPS) is 54.8. The maximum absolute atomic E-state index is 12.7. The fourth-order valence-corrected chi connectivity index (χ4v) is 9.97. The summed E-state index contributed by atoms with van der Waals surface area (Å²) in [5.74, 6) is -0.0431. The summed E-state index contributed by atoms with van der Waals surface area (Å²) in [6.45, 7) is 11.8. The van der Waals surface area contributed by atoms with Gasteiger partial charge in [-0.1, -0.05) is 46.3 Å². The molecule has 0 aromatic heterocycles. The molecule has 1 aliphatic heterocycles. The smallest absolute Gasteiger partial charge is 0.187 e. The van der Waals surface area contributed by atoms with Crippen LogP contribution in [0, 0.1) is 39.4 Å². The summed E-state index contributed by atoms with van der Waals surface area (Å²) in [5, 5.41) is 63.3. The van der Waals surface area contributed by atoms with Gasteiger partial charge in [-0.2, -0.15) is 0 Å². The van der Waals surface area contributed by atoms with Crippen molar-refractivity contribution in [3.05, 3.63) is 11.6 Å². The Hall–Kier alpha value is -0.910. The van der Waals surface area contributed by atoms with Gasteiger partial charge in [-0.15, -0.1) is 0 Å². The summed E-state index contributed by atoms with van der Waals surface area (Å²) in [6, 6.07) is 0. The molecule has 222 valence electrons.